The second-order valence-electron chi connectivity index (χ2n) is 20.5. The molecular weight excluding hydrogens is 955 g/mol. The van der Waals surface area contributed by atoms with E-state index < -0.39 is 5.41 Å². The summed E-state index contributed by atoms with van der Waals surface area (Å²) in [6, 6.07) is 91.7. The largest absolute Gasteiger partial charge is 0.309 e. The standard InChI is InChI=1S/C71H43N5S/c1-2-14-48(15-3-1)74-63-24-10-6-18-53(63)56-41-45(28-36-65(56)74)47-26-34-57-68(43-47)77-67-37-29-46(42-60(67)71(57)58-20-12-38-72-69(58)70-59(71)21-13-39-73-70)44-27-35-66-55(40-44)54-19-7-11-25-64(54)76(66)50-32-30-49(31-33-50)75-61-22-8-4-16-51(61)52-17-5-9-23-62(52)75/h1-43H. The minimum atomic E-state index is -0.643. The Labute approximate surface area is 447 Å². The molecule has 0 fully saturated rings. The molecule has 0 radical (unpaired) electrons. The van der Waals surface area contributed by atoms with Gasteiger partial charge >= 0.3 is 0 Å². The summed E-state index contributed by atoms with van der Waals surface area (Å²) >= 11 is 1.87. The summed E-state index contributed by atoms with van der Waals surface area (Å²) in [4.78, 5) is 12.6. The monoisotopic (exact) mass is 997 g/mol. The van der Waals surface area contributed by atoms with Crippen molar-refractivity contribution in [1.29, 1.82) is 0 Å². The van der Waals surface area contributed by atoms with Gasteiger partial charge in [-0.3, -0.25) is 9.97 Å². The van der Waals surface area contributed by atoms with Crippen LogP contribution in [0.2, 0.25) is 0 Å². The quantitative estimate of drug-likeness (QED) is 0.172. The van der Waals surface area contributed by atoms with Crippen molar-refractivity contribution in [2.45, 2.75) is 15.2 Å². The highest BCUT2D eigenvalue weighted by Crippen LogP contribution is 2.62. The Morgan fingerprint density at radius 1 is 0.273 bits per heavy atom. The molecule has 1 spiro atoms. The van der Waals surface area contributed by atoms with Crippen LogP contribution in [0, 0.1) is 0 Å². The van der Waals surface area contributed by atoms with Crippen LogP contribution in [-0.2, 0) is 5.41 Å². The molecule has 358 valence electrons. The van der Waals surface area contributed by atoms with Gasteiger partial charge in [0, 0.05) is 71.6 Å². The van der Waals surface area contributed by atoms with Crippen molar-refractivity contribution >= 4 is 77.2 Å². The van der Waals surface area contributed by atoms with Gasteiger partial charge in [0.1, 0.15) is 0 Å². The number of aromatic nitrogens is 5. The van der Waals surface area contributed by atoms with Crippen molar-refractivity contribution < 1.29 is 0 Å². The van der Waals surface area contributed by atoms with Crippen LogP contribution in [0.25, 0.3) is 116 Å². The van der Waals surface area contributed by atoms with Crippen molar-refractivity contribution in [3.05, 3.63) is 283 Å². The molecule has 6 heterocycles. The summed E-state index contributed by atoms with van der Waals surface area (Å²) in [5, 5.41) is 7.46. The Morgan fingerprint density at radius 2 is 0.675 bits per heavy atom. The van der Waals surface area contributed by atoms with E-state index in [0.717, 1.165) is 28.5 Å². The third kappa shape index (κ3) is 5.96. The minimum absolute atomic E-state index is 0.643. The van der Waals surface area contributed by atoms with Crippen molar-refractivity contribution in [1.82, 2.24) is 23.7 Å². The zero-order chi connectivity index (χ0) is 50.3. The molecule has 17 rings (SSSR count). The number of rotatable bonds is 5. The normalized spacial score (nSPS) is 13.2. The SMILES string of the molecule is c1ccc(-n2c3ccccc3c3cc(-c4ccc5c(c4)Sc4ccc(-c6ccc7c(c6)c6ccccc6n7-c6ccc(-n7c8ccccc8c8ccccc87)cc6)cc4C54c5cccnc5-c5ncccc54)ccc32)cc1. The van der Waals surface area contributed by atoms with E-state index in [0.29, 0.717) is 0 Å². The number of benzene rings is 10. The van der Waals surface area contributed by atoms with Gasteiger partial charge in [-0.25, -0.2) is 0 Å². The molecule has 0 amide bonds. The molecule has 1 aliphatic carbocycles. The Bertz CT molecular complexity index is 4860. The molecule has 0 saturated carbocycles. The molecule has 1 aliphatic heterocycles. The highest BCUT2D eigenvalue weighted by Gasteiger charge is 2.51. The minimum Gasteiger partial charge on any atom is -0.309 e. The first kappa shape index (κ1) is 42.6. The number of hydrogen-bond donors (Lipinski definition) is 0. The average Bonchev–Trinajstić information content (AvgIpc) is 4.25. The lowest BCUT2D eigenvalue weighted by Crippen LogP contribution is -2.32. The molecule has 0 N–H and O–H groups in total. The van der Waals surface area contributed by atoms with Gasteiger partial charge in [0.05, 0.1) is 49.9 Å². The summed E-state index contributed by atoms with van der Waals surface area (Å²) in [5.74, 6) is 0. The highest BCUT2D eigenvalue weighted by molar-refractivity contribution is 7.99. The molecule has 5 aromatic heterocycles. The summed E-state index contributed by atoms with van der Waals surface area (Å²) in [6.07, 6.45) is 3.82. The van der Waals surface area contributed by atoms with E-state index in [2.05, 4.69) is 262 Å². The van der Waals surface area contributed by atoms with Crippen molar-refractivity contribution in [3.63, 3.8) is 0 Å². The van der Waals surface area contributed by atoms with Crippen LogP contribution in [-0.4, -0.2) is 23.7 Å². The van der Waals surface area contributed by atoms with Gasteiger partial charge in [-0.15, -0.1) is 0 Å². The zero-order valence-electron chi connectivity index (χ0n) is 41.5. The van der Waals surface area contributed by atoms with E-state index in [4.69, 9.17) is 9.97 Å². The summed E-state index contributed by atoms with van der Waals surface area (Å²) in [7, 11) is 0. The van der Waals surface area contributed by atoms with Gasteiger partial charge in [-0.1, -0.05) is 145 Å². The summed E-state index contributed by atoms with van der Waals surface area (Å²) < 4.78 is 7.18. The second kappa shape index (κ2) is 16.1. The van der Waals surface area contributed by atoms with E-state index in [1.54, 1.807) is 0 Å². The Balaban J connectivity index is 0.800. The van der Waals surface area contributed by atoms with E-state index in [1.807, 2.05) is 24.2 Å². The van der Waals surface area contributed by atoms with E-state index >= 15 is 0 Å². The third-order valence-corrected chi connectivity index (χ3v) is 17.7. The molecule has 15 aromatic rings. The van der Waals surface area contributed by atoms with Crippen LogP contribution in [0.1, 0.15) is 22.3 Å². The fourth-order valence-electron chi connectivity index (χ4n) is 13.4. The second-order valence-corrected chi connectivity index (χ2v) is 21.5. The molecular formula is C71H43N5S. The summed E-state index contributed by atoms with van der Waals surface area (Å²) in [5.41, 5.74) is 21.4. The Morgan fingerprint density at radius 3 is 1.19 bits per heavy atom. The first-order valence-electron chi connectivity index (χ1n) is 26.3. The lowest BCUT2D eigenvalue weighted by atomic mass is 9.67. The fraction of sp³-hybridized carbons (Fsp3) is 0.0141. The summed E-state index contributed by atoms with van der Waals surface area (Å²) in [6.45, 7) is 0. The highest BCUT2D eigenvalue weighted by atomic mass is 32.2. The van der Waals surface area contributed by atoms with Crippen LogP contribution in [0.15, 0.2) is 271 Å². The molecule has 0 saturated heterocycles. The lowest BCUT2D eigenvalue weighted by molar-refractivity contribution is 0.720. The number of hydrogen-bond acceptors (Lipinski definition) is 3. The van der Waals surface area contributed by atoms with Crippen LogP contribution in [0.5, 0.6) is 0 Å². The number of para-hydroxylation sites is 5. The maximum atomic E-state index is 5.08. The van der Waals surface area contributed by atoms with Crippen molar-refractivity contribution in [3.8, 4) is 50.7 Å². The Hall–Kier alpha value is -9.75. The number of fused-ring (bicyclic) bond motifs is 18. The van der Waals surface area contributed by atoms with Crippen LogP contribution in [0.4, 0.5) is 0 Å². The zero-order valence-corrected chi connectivity index (χ0v) is 42.3. The first-order valence-corrected chi connectivity index (χ1v) is 27.1. The predicted octanol–water partition coefficient (Wildman–Crippen LogP) is 17.9. The van der Waals surface area contributed by atoms with Crippen LogP contribution >= 0.6 is 11.8 Å². The smallest absolute Gasteiger partial charge is 0.0937 e. The molecule has 10 aromatic carbocycles. The van der Waals surface area contributed by atoms with Gasteiger partial charge < -0.3 is 13.7 Å². The first-order chi connectivity index (χ1) is 38.2. The van der Waals surface area contributed by atoms with Gasteiger partial charge in [0.2, 0.25) is 0 Å². The number of pyridine rings is 2. The van der Waals surface area contributed by atoms with Gasteiger partial charge in [0.25, 0.3) is 0 Å². The molecule has 6 heteroatoms. The third-order valence-electron chi connectivity index (χ3n) is 16.6. The van der Waals surface area contributed by atoms with Gasteiger partial charge in [-0.05, 0) is 160 Å². The molecule has 77 heavy (non-hydrogen) atoms. The molecule has 0 bridgehead atoms. The van der Waals surface area contributed by atoms with E-state index in [9.17, 15) is 0 Å². The molecule has 2 aliphatic rings. The Kier molecular flexibility index (Phi) is 8.92. The maximum Gasteiger partial charge on any atom is 0.0937 e. The fourth-order valence-corrected chi connectivity index (χ4v) is 14.6. The molecule has 0 unspecified atom stereocenters. The van der Waals surface area contributed by atoms with E-state index in [-0.39, 0.29) is 0 Å². The average molecular weight is 998 g/mol. The molecule has 5 nitrogen and oxygen atoms in total. The van der Waals surface area contributed by atoms with Crippen molar-refractivity contribution in [2.24, 2.45) is 0 Å². The van der Waals surface area contributed by atoms with Crippen molar-refractivity contribution in [2.75, 3.05) is 0 Å². The maximum absolute atomic E-state index is 5.08. The van der Waals surface area contributed by atoms with E-state index in [1.165, 1.54) is 120 Å². The number of nitrogens with zero attached hydrogens (tertiary/aromatic N) is 5. The van der Waals surface area contributed by atoms with Crippen LogP contribution in [0.3, 0.4) is 0 Å². The van der Waals surface area contributed by atoms with Gasteiger partial charge in [0.15, 0.2) is 0 Å². The van der Waals surface area contributed by atoms with Crippen LogP contribution < -0.4 is 0 Å². The topological polar surface area (TPSA) is 40.6 Å². The van der Waals surface area contributed by atoms with Gasteiger partial charge in [-0.2, -0.15) is 0 Å². The lowest BCUT2D eigenvalue weighted by Gasteiger charge is -2.39. The molecule has 0 atom stereocenters. The predicted molar refractivity (Wildman–Crippen MR) is 317 cm³/mol.